The van der Waals surface area contributed by atoms with Gasteiger partial charge < -0.3 is 4.42 Å². The highest BCUT2D eigenvalue weighted by Gasteiger charge is 2.30. The summed E-state index contributed by atoms with van der Waals surface area (Å²) in [5.41, 5.74) is 1.71. The van der Waals surface area contributed by atoms with E-state index in [-0.39, 0.29) is 10.9 Å². The molecule has 1 aliphatic heterocycles. The number of benzene rings is 1. The molecule has 0 amide bonds. The predicted molar refractivity (Wildman–Crippen MR) is 78.0 cm³/mol. The van der Waals surface area contributed by atoms with Crippen molar-refractivity contribution in [1.29, 1.82) is 0 Å². The Balaban J connectivity index is 2.08. The molecule has 1 aromatic heterocycles. The van der Waals surface area contributed by atoms with E-state index in [0.29, 0.717) is 18.5 Å². The second-order valence-corrected chi connectivity index (χ2v) is 6.73. The first-order valence-corrected chi connectivity index (χ1v) is 8.22. The molecule has 3 rings (SSSR count). The fraction of sp³-hybridized carbons (Fsp3) is 0.267. The summed E-state index contributed by atoms with van der Waals surface area (Å²) in [7, 11) is -3.78. The number of fused-ring (bicyclic) bond motifs is 1. The number of carbonyl (C=O) groups is 1. The molecule has 0 fully saturated rings. The summed E-state index contributed by atoms with van der Waals surface area (Å²) in [6.45, 7) is 0.413. The highest BCUT2D eigenvalue weighted by molar-refractivity contribution is 7.92. The molecule has 21 heavy (non-hydrogen) atoms. The zero-order chi connectivity index (χ0) is 14.9. The molecule has 2 heterocycles. The number of nitrogens with zero attached hydrogens (tertiary/aromatic N) is 1. The summed E-state index contributed by atoms with van der Waals surface area (Å²) in [5.74, 6) is 0.0108. The number of sulfonamides is 1. The maximum atomic E-state index is 12.7. The number of aryl methyl sites for hydroxylation is 1. The van der Waals surface area contributed by atoms with Crippen LogP contribution < -0.4 is 4.31 Å². The van der Waals surface area contributed by atoms with Crippen LogP contribution in [-0.4, -0.2) is 21.2 Å². The maximum Gasteiger partial charge on any atom is 0.297 e. The Morgan fingerprint density at radius 2 is 1.90 bits per heavy atom. The van der Waals surface area contributed by atoms with E-state index in [4.69, 9.17) is 4.42 Å². The molecule has 0 unspecified atom stereocenters. The van der Waals surface area contributed by atoms with Gasteiger partial charge in [-0.05, 0) is 43.0 Å². The van der Waals surface area contributed by atoms with E-state index in [2.05, 4.69) is 0 Å². The van der Waals surface area contributed by atoms with Gasteiger partial charge in [0.15, 0.2) is 12.0 Å². The first kappa shape index (κ1) is 13.9. The lowest BCUT2D eigenvalue weighted by Gasteiger charge is -2.23. The lowest BCUT2D eigenvalue weighted by Crippen LogP contribution is -2.31. The average Bonchev–Trinajstić information content (AvgIpc) is 2.87. The molecule has 0 aliphatic carbocycles. The molecule has 1 aromatic carbocycles. The van der Waals surface area contributed by atoms with Crippen LogP contribution in [-0.2, 0) is 16.4 Å². The Labute approximate surface area is 123 Å². The van der Waals surface area contributed by atoms with E-state index in [1.165, 1.54) is 16.4 Å². The quantitative estimate of drug-likeness (QED) is 0.818. The molecule has 110 valence electrons. The maximum absolute atomic E-state index is 12.7. The van der Waals surface area contributed by atoms with Gasteiger partial charge in [0.25, 0.3) is 10.0 Å². The van der Waals surface area contributed by atoms with Crippen molar-refractivity contribution < 1.29 is 17.6 Å². The highest BCUT2D eigenvalue weighted by atomic mass is 32.2. The molecule has 0 radical (unpaired) electrons. The van der Waals surface area contributed by atoms with Crippen LogP contribution in [0.15, 0.2) is 45.9 Å². The summed E-state index contributed by atoms with van der Waals surface area (Å²) in [6, 6.07) is 10.2. The molecule has 0 bridgehead atoms. The molecule has 0 N–H and O–H groups in total. The van der Waals surface area contributed by atoms with Crippen LogP contribution >= 0.6 is 0 Å². The molecule has 5 nitrogen and oxygen atoms in total. The second-order valence-electron chi connectivity index (χ2n) is 4.94. The predicted octanol–water partition coefficient (Wildman–Crippen LogP) is 2.62. The Morgan fingerprint density at radius 3 is 2.67 bits per heavy atom. The highest BCUT2D eigenvalue weighted by Crippen LogP contribution is 2.31. The van der Waals surface area contributed by atoms with Gasteiger partial charge in [-0.3, -0.25) is 9.10 Å². The minimum absolute atomic E-state index is 0.0108. The topological polar surface area (TPSA) is 67.6 Å². The molecule has 6 heteroatoms. The van der Waals surface area contributed by atoms with Gasteiger partial charge in [0.05, 0.1) is 5.69 Å². The summed E-state index contributed by atoms with van der Waals surface area (Å²) >= 11 is 0. The second kappa shape index (κ2) is 5.37. The SMILES string of the molecule is O=Cc1ccc(S(=O)(=O)N2CCCCc3ccccc32)o1. The molecule has 0 saturated carbocycles. The van der Waals surface area contributed by atoms with Crippen molar-refractivity contribution >= 4 is 22.0 Å². The van der Waals surface area contributed by atoms with Crippen LogP contribution in [0, 0.1) is 0 Å². The Hall–Kier alpha value is -2.08. The Bertz CT molecular complexity index is 763. The molecule has 0 atom stereocenters. The standard InChI is InChI=1S/C15H15NO4S/c17-11-13-8-9-15(20-13)21(18,19)16-10-4-3-6-12-5-1-2-7-14(12)16/h1-2,5,7-9,11H,3-4,6,10H2. The number of para-hydroxylation sites is 1. The van der Waals surface area contributed by atoms with E-state index in [1.54, 1.807) is 0 Å². The lowest BCUT2D eigenvalue weighted by atomic mass is 10.1. The van der Waals surface area contributed by atoms with Crippen LogP contribution in [0.5, 0.6) is 0 Å². The van der Waals surface area contributed by atoms with Crippen LogP contribution in [0.1, 0.15) is 29.0 Å². The van der Waals surface area contributed by atoms with E-state index in [9.17, 15) is 13.2 Å². The Morgan fingerprint density at radius 1 is 1.10 bits per heavy atom. The van der Waals surface area contributed by atoms with Crippen LogP contribution in [0.25, 0.3) is 0 Å². The van der Waals surface area contributed by atoms with Crippen molar-refractivity contribution in [3.8, 4) is 0 Å². The fourth-order valence-electron chi connectivity index (χ4n) is 2.55. The number of furan rings is 1. The van der Waals surface area contributed by atoms with Gasteiger partial charge in [-0.15, -0.1) is 0 Å². The van der Waals surface area contributed by atoms with E-state index in [1.807, 2.05) is 24.3 Å². The van der Waals surface area contributed by atoms with E-state index >= 15 is 0 Å². The van der Waals surface area contributed by atoms with Gasteiger partial charge in [0, 0.05) is 6.54 Å². The van der Waals surface area contributed by atoms with Crippen molar-refractivity contribution in [1.82, 2.24) is 0 Å². The Kier molecular flexibility index (Phi) is 3.55. The van der Waals surface area contributed by atoms with Gasteiger partial charge in [-0.1, -0.05) is 18.2 Å². The van der Waals surface area contributed by atoms with Crippen molar-refractivity contribution in [2.45, 2.75) is 24.4 Å². The number of hydrogen-bond donors (Lipinski definition) is 0. The van der Waals surface area contributed by atoms with Gasteiger partial charge in [0.1, 0.15) is 0 Å². The minimum Gasteiger partial charge on any atom is -0.440 e. The molecule has 2 aromatic rings. The summed E-state index contributed by atoms with van der Waals surface area (Å²) in [4.78, 5) is 10.7. The van der Waals surface area contributed by atoms with Gasteiger partial charge in [-0.2, -0.15) is 8.42 Å². The smallest absolute Gasteiger partial charge is 0.297 e. The molecule has 1 aliphatic rings. The number of carbonyl (C=O) groups excluding carboxylic acids is 1. The fourth-order valence-corrected chi connectivity index (χ4v) is 4.02. The molecular weight excluding hydrogens is 290 g/mol. The summed E-state index contributed by atoms with van der Waals surface area (Å²) in [6.07, 6.45) is 3.09. The van der Waals surface area contributed by atoms with Crippen LogP contribution in [0.2, 0.25) is 0 Å². The summed E-state index contributed by atoms with van der Waals surface area (Å²) < 4.78 is 32.0. The number of rotatable bonds is 3. The van der Waals surface area contributed by atoms with Gasteiger partial charge in [-0.25, -0.2) is 0 Å². The first-order chi connectivity index (χ1) is 10.1. The van der Waals surface area contributed by atoms with E-state index < -0.39 is 10.0 Å². The van der Waals surface area contributed by atoms with Crippen LogP contribution in [0.4, 0.5) is 5.69 Å². The third kappa shape index (κ3) is 2.47. The molecule has 0 spiro atoms. The molecule has 0 saturated heterocycles. The van der Waals surface area contributed by atoms with Crippen molar-refractivity contribution in [3.63, 3.8) is 0 Å². The van der Waals surface area contributed by atoms with Crippen molar-refractivity contribution in [2.24, 2.45) is 0 Å². The minimum atomic E-state index is -3.78. The van der Waals surface area contributed by atoms with Gasteiger partial charge in [0.2, 0.25) is 5.09 Å². The third-order valence-electron chi connectivity index (χ3n) is 3.58. The van der Waals surface area contributed by atoms with Gasteiger partial charge >= 0.3 is 0 Å². The normalized spacial score (nSPS) is 15.3. The van der Waals surface area contributed by atoms with Crippen LogP contribution in [0.3, 0.4) is 0 Å². The first-order valence-electron chi connectivity index (χ1n) is 6.78. The third-order valence-corrected chi connectivity index (χ3v) is 5.27. The molecular formula is C15H15NO4S. The van der Waals surface area contributed by atoms with E-state index in [0.717, 1.165) is 24.8 Å². The van der Waals surface area contributed by atoms with Crippen molar-refractivity contribution in [3.05, 3.63) is 47.7 Å². The average molecular weight is 305 g/mol. The number of anilines is 1. The largest absolute Gasteiger partial charge is 0.440 e. The number of aldehydes is 1. The summed E-state index contributed by atoms with van der Waals surface area (Å²) in [5, 5.41) is -0.193. The monoisotopic (exact) mass is 305 g/mol. The number of hydrogen-bond acceptors (Lipinski definition) is 4. The zero-order valence-corrected chi connectivity index (χ0v) is 12.2. The lowest BCUT2D eigenvalue weighted by molar-refractivity contribution is 0.109. The van der Waals surface area contributed by atoms with Crippen molar-refractivity contribution in [2.75, 3.05) is 10.8 Å². The zero-order valence-electron chi connectivity index (χ0n) is 11.4.